The second-order valence-corrected chi connectivity index (χ2v) is 9.99. The van der Waals surface area contributed by atoms with Crippen molar-refractivity contribution >= 4 is 34.1 Å². The minimum atomic E-state index is -0.451. The van der Waals surface area contributed by atoms with Crippen molar-refractivity contribution in [1.29, 1.82) is 0 Å². The van der Waals surface area contributed by atoms with Crippen LogP contribution in [0.5, 0.6) is 0 Å². The van der Waals surface area contributed by atoms with Crippen molar-refractivity contribution in [2.45, 2.75) is 40.5 Å². The Labute approximate surface area is 209 Å². The van der Waals surface area contributed by atoms with Crippen LogP contribution in [0.1, 0.15) is 53.2 Å². The number of amides is 1. The molecule has 35 heavy (non-hydrogen) atoms. The van der Waals surface area contributed by atoms with Crippen molar-refractivity contribution in [2.24, 2.45) is 0 Å². The molecular weight excluding hydrogens is 460 g/mol. The number of carbonyl (C=O) groups excluding carboxylic acids is 2. The number of benzene rings is 2. The van der Waals surface area contributed by atoms with E-state index in [0.717, 1.165) is 32.6 Å². The molecule has 0 fully saturated rings. The highest BCUT2D eigenvalue weighted by atomic mass is 32.1. The largest absolute Gasteiger partial charge is 0.465 e. The minimum Gasteiger partial charge on any atom is -0.465 e. The Hall–Kier alpha value is -3.52. The lowest BCUT2D eigenvalue weighted by atomic mass is 10.0. The molecule has 2 aromatic heterocycles. The number of carbonyl (C=O) groups is 2. The van der Waals surface area contributed by atoms with E-state index in [1.807, 2.05) is 31.2 Å². The topological polar surface area (TPSA) is 77.3 Å². The number of hydrogen-bond acceptors (Lipinski definition) is 6. The first-order valence-electron chi connectivity index (χ1n) is 11.7. The maximum atomic E-state index is 13.3. The molecule has 4 rings (SSSR count). The van der Waals surface area contributed by atoms with E-state index in [2.05, 4.69) is 39.0 Å². The summed E-state index contributed by atoms with van der Waals surface area (Å²) in [7, 11) is 1.58. The van der Waals surface area contributed by atoms with E-state index in [1.54, 1.807) is 30.0 Å². The van der Waals surface area contributed by atoms with E-state index in [-0.39, 0.29) is 30.7 Å². The second kappa shape index (κ2) is 10.00. The number of aryl methyl sites for hydroxylation is 2. The van der Waals surface area contributed by atoms with Crippen LogP contribution in [0.15, 0.2) is 42.5 Å². The van der Waals surface area contributed by atoms with E-state index in [4.69, 9.17) is 14.8 Å². The van der Waals surface area contributed by atoms with Gasteiger partial charge in [-0.25, -0.2) is 9.67 Å². The van der Waals surface area contributed by atoms with Crippen molar-refractivity contribution in [1.82, 2.24) is 19.7 Å². The van der Waals surface area contributed by atoms with Gasteiger partial charge >= 0.3 is 5.97 Å². The maximum Gasteiger partial charge on any atom is 0.325 e. The minimum absolute atomic E-state index is 0.140. The van der Waals surface area contributed by atoms with Crippen molar-refractivity contribution in [2.75, 3.05) is 20.2 Å². The fraction of sp³-hybridized carbons (Fsp3) is 0.333. The van der Waals surface area contributed by atoms with Crippen LogP contribution in [-0.2, 0) is 9.53 Å². The molecule has 2 aromatic carbocycles. The van der Waals surface area contributed by atoms with Crippen LogP contribution in [0.2, 0.25) is 0 Å². The molecule has 0 aliphatic rings. The molecule has 0 atom stereocenters. The van der Waals surface area contributed by atoms with E-state index in [0.29, 0.717) is 5.13 Å². The zero-order valence-corrected chi connectivity index (χ0v) is 21.8. The molecule has 0 bridgehead atoms. The first-order chi connectivity index (χ1) is 16.7. The molecule has 0 unspecified atom stereocenters. The molecule has 0 N–H and O–H groups in total. The molecule has 0 aliphatic heterocycles. The summed E-state index contributed by atoms with van der Waals surface area (Å²) in [5, 5.41) is 6.15. The molecule has 0 aliphatic carbocycles. The van der Waals surface area contributed by atoms with Crippen LogP contribution in [0.4, 0.5) is 0 Å². The Morgan fingerprint density at radius 1 is 1.11 bits per heavy atom. The average Bonchev–Trinajstić information content (AvgIpc) is 3.40. The zero-order chi connectivity index (χ0) is 25.3. The third kappa shape index (κ3) is 4.98. The molecule has 0 saturated heterocycles. The van der Waals surface area contributed by atoms with Gasteiger partial charge in [0.05, 0.1) is 17.8 Å². The van der Waals surface area contributed by atoms with Crippen LogP contribution in [-0.4, -0.2) is 51.7 Å². The summed E-state index contributed by atoms with van der Waals surface area (Å²) < 4.78 is 6.75. The highest BCUT2D eigenvalue weighted by Gasteiger charge is 2.25. The first kappa shape index (κ1) is 24.6. The number of thiazole rings is 1. The number of ether oxygens (including phenoxy) is 1. The zero-order valence-electron chi connectivity index (χ0n) is 21.0. The van der Waals surface area contributed by atoms with Gasteiger partial charge in [0.15, 0.2) is 5.69 Å². The van der Waals surface area contributed by atoms with Gasteiger partial charge in [-0.15, -0.1) is 0 Å². The van der Waals surface area contributed by atoms with E-state index >= 15 is 0 Å². The molecule has 7 nitrogen and oxygen atoms in total. The first-order valence-corrected chi connectivity index (χ1v) is 12.5. The molecule has 182 valence electrons. The summed E-state index contributed by atoms with van der Waals surface area (Å²) >= 11 is 1.58. The number of nitrogens with zero attached hydrogens (tertiary/aromatic N) is 4. The third-order valence-electron chi connectivity index (χ3n) is 5.70. The number of likely N-dealkylation sites (N-methyl/N-ethyl adjacent to an activating group) is 1. The standard InChI is InChI=1S/C27H30N4O3S/c1-7-34-22(32)15-30(6)26(33)24-20-14-18(5)11-12-21(20)31(29-24)27-28-23(25(35-27)16(2)3)19-10-8-9-17(4)13-19/h8-14,16H,7,15H2,1-6H3. The van der Waals surface area contributed by atoms with Crippen LogP contribution < -0.4 is 0 Å². The second-order valence-electron chi connectivity index (χ2n) is 8.98. The van der Waals surface area contributed by atoms with Gasteiger partial charge in [0.25, 0.3) is 5.91 Å². The molecule has 2 heterocycles. The number of aromatic nitrogens is 3. The van der Waals surface area contributed by atoms with Gasteiger partial charge in [0, 0.05) is 22.9 Å². The van der Waals surface area contributed by atoms with Crippen LogP contribution in [0.25, 0.3) is 27.3 Å². The lowest BCUT2D eigenvalue weighted by molar-refractivity contribution is -0.143. The van der Waals surface area contributed by atoms with Crippen molar-refractivity contribution in [3.8, 4) is 16.4 Å². The van der Waals surface area contributed by atoms with Gasteiger partial charge in [-0.3, -0.25) is 9.59 Å². The van der Waals surface area contributed by atoms with Gasteiger partial charge in [0.2, 0.25) is 5.13 Å². The number of hydrogen-bond donors (Lipinski definition) is 0. The fourth-order valence-electron chi connectivity index (χ4n) is 3.99. The monoisotopic (exact) mass is 490 g/mol. The number of fused-ring (bicyclic) bond motifs is 1. The molecule has 4 aromatic rings. The molecular formula is C27H30N4O3S. The lowest BCUT2D eigenvalue weighted by Gasteiger charge is -2.14. The summed E-state index contributed by atoms with van der Waals surface area (Å²) in [6.07, 6.45) is 0. The molecule has 8 heteroatoms. The Morgan fingerprint density at radius 2 is 1.86 bits per heavy atom. The summed E-state index contributed by atoms with van der Waals surface area (Å²) in [6, 6.07) is 14.2. The van der Waals surface area contributed by atoms with Gasteiger partial charge in [-0.1, -0.05) is 60.6 Å². The quantitative estimate of drug-likeness (QED) is 0.319. The summed E-state index contributed by atoms with van der Waals surface area (Å²) in [5.41, 5.74) is 5.27. The van der Waals surface area contributed by atoms with Gasteiger partial charge in [-0.05, 0) is 44.9 Å². The van der Waals surface area contributed by atoms with E-state index in [9.17, 15) is 9.59 Å². The predicted molar refractivity (Wildman–Crippen MR) is 139 cm³/mol. The Balaban J connectivity index is 1.83. The third-order valence-corrected chi connectivity index (χ3v) is 7.03. The maximum absolute atomic E-state index is 13.3. The Morgan fingerprint density at radius 3 is 2.54 bits per heavy atom. The molecule has 0 spiro atoms. The van der Waals surface area contributed by atoms with Crippen LogP contribution in [0.3, 0.4) is 0 Å². The lowest BCUT2D eigenvalue weighted by Crippen LogP contribution is -2.33. The van der Waals surface area contributed by atoms with Crippen molar-refractivity contribution < 1.29 is 14.3 Å². The average molecular weight is 491 g/mol. The fourth-order valence-corrected chi connectivity index (χ4v) is 5.05. The summed E-state index contributed by atoms with van der Waals surface area (Å²) in [5.74, 6) is -0.517. The van der Waals surface area contributed by atoms with Gasteiger partial charge in [0.1, 0.15) is 6.54 Å². The number of rotatable bonds is 7. The van der Waals surface area contributed by atoms with Crippen molar-refractivity contribution in [3.05, 3.63) is 64.2 Å². The smallest absolute Gasteiger partial charge is 0.325 e. The normalized spacial score (nSPS) is 11.3. The summed E-state index contributed by atoms with van der Waals surface area (Å²) in [4.78, 5) is 32.8. The molecule has 0 saturated carbocycles. The SMILES string of the molecule is CCOC(=O)CN(C)C(=O)c1nn(-c2nc(-c3cccc(C)c3)c(C(C)C)s2)c2ccc(C)cc12. The molecule has 0 radical (unpaired) electrons. The van der Waals surface area contributed by atoms with Gasteiger partial charge < -0.3 is 9.64 Å². The Bertz CT molecular complexity index is 1400. The van der Waals surface area contributed by atoms with Crippen LogP contribution in [0, 0.1) is 13.8 Å². The van der Waals surface area contributed by atoms with Crippen LogP contribution >= 0.6 is 11.3 Å². The highest BCUT2D eigenvalue weighted by Crippen LogP contribution is 2.37. The Kier molecular flexibility index (Phi) is 7.03. The highest BCUT2D eigenvalue weighted by molar-refractivity contribution is 7.14. The predicted octanol–water partition coefficient (Wildman–Crippen LogP) is 5.52. The van der Waals surface area contributed by atoms with E-state index in [1.165, 1.54) is 10.5 Å². The summed E-state index contributed by atoms with van der Waals surface area (Å²) in [6.45, 7) is 10.2. The molecule has 1 amide bonds. The van der Waals surface area contributed by atoms with E-state index < -0.39 is 5.97 Å². The number of esters is 1. The van der Waals surface area contributed by atoms with Gasteiger partial charge in [-0.2, -0.15) is 5.10 Å². The van der Waals surface area contributed by atoms with Crippen molar-refractivity contribution in [3.63, 3.8) is 0 Å².